The van der Waals surface area contributed by atoms with Gasteiger partial charge >= 0.3 is 0 Å². The largest absolute Gasteiger partial charge is 0.310 e. The second-order valence-corrected chi connectivity index (χ2v) is 26.0. The van der Waals surface area contributed by atoms with E-state index in [-0.39, 0.29) is 0 Å². The Morgan fingerprint density at radius 2 is 0.587 bits per heavy atom. The van der Waals surface area contributed by atoms with Crippen molar-refractivity contribution in [3.05, 3.63) is 397 Å². The van der Waals surface area contributed by atoms with Crippen molar-refractivity contribution >= 4 is 79.2 Å². The van der Waals surface area contributed by atoms with Gasteiger partial charge in [-0.25, -0.2) is 0 Å². The van der Waals surface area contributed by atoms with E-state index in [0.29, 0.717) is 0 Å². The van der Waals surface area contributed by atoms with Crippen molar-refractivity contribution < 1.29 is 0 Å². The number of hydrogen-bond acceptors (Lipinski definition) is 4. The SMILES string of the molecule is C=CCSc1ccc(C2(c3ccc4ccccc4c3)c3ccccc3-c3ccc(N(c4ccccc4)c4ccc(-c5ccc(N(c6ccccc6)c6ccc7c(c6)C(c6ccc(SCC=C)cc6)(c6ccc8ccccc8c6)c6ccccc6-7)cc5)cc4)cc32)cc1. The number of fused-ring (bicyclic) bond motifs is 8. The summed E-state index contributed by atoms with van der Waals surface area (Å²) in [4.78, 5) is 7.28. The summed E-state index contributed by atoms with van der Waals surface area (Å²) < 4.78 is 0. The zero-order chi connectivity index (χ0) is 61.6. The Labute approximate surface area is 548 Å². The average Bonchev–Trinajstić information content (AvgIpc) is 1.53. The predicted octanol–water partition coefficient (Wildman–Crippen LogP) is 23.9. The van der Waals surface area contributed by atoms with E-state index in [9.17, 15) is 0 Å². The monoisotopic (exact) mass is 1210 g/mol. The smallest absolute Gasteiger partial charge is 0.0714 e. The first-order valence-electron chi connectivity index (χ1n) is 31.6. The molecule has 14 aromatic carbocycles. The molecule has 2 nitrogen and oxygen atoms in total. The van der Waals surface area contributed by atoms with Crippen LogP contribution in [-0.2, 0) is 10.8 Å². The predicted molar refractivity (Wildman–Crippen MR) is 393 cm³/mol. The Kier molecular flexibility index (Phi) is 14.7. The quantitative estimate of drug-likeness (QED) is 0.0662. The molecule has 16 rings (SSSR count). The molecule has 0 fully saturated rings. The number of rotatable bonds is 17. The number of thioether (sulfide) groups is 2. The molecule has 14 aromatic rings. The van der Waals surface area contributed by atoms with Gasteiger partial charge in [0.1, 0.15) is 0 Å². The van der Waals surface area contributed by atoms with Gasteiger partial charge in [-0.3, -0.25) is 0 Å². The Morgan fingerprint density at radius 1 is 0.261 bits per heavy atom. The van der Waals surface area contributed by atoms with E-state index in [4.69, 9.17) is 0 Å². The second kappa shape index (κ2) is 24.0. The first-order valence-corrected chi connectivity index (χ1v) is 33.5. The van der Waals surface area contributed by atoms with Crippen LogP contribution in [0.5, 0.6) is 0 Å². The summed E-state index contributed by atoms with van der Waals surface area (Å²) in [5.41, 5.74) is 22.6. The van der Waals surface area contributed by atoms with Gasteiger partial charge in [-0.15, -0.1) is 36.7 Å². The molecule has 0 bridgehead atoms. The third-order valence-corrected chi connectivity index (χ3v) is 20.9. The van der Waals surface area contributed by atoms with Crippen LogP contribution in [-0.4, -0.2) is 11.5 Å². The van der Waals surface area contributed by atoms with Crippen LogP contribution < -0.4 is 9.80 Å². The highest BCUT2D eigenvalue weighted by Crippen LogP contribution is 2.60. The minimum atomic E-state index is -0.603. The topological polar surface area (TPSA) is 6.48 Å². The number of anilines is 6. The van der Waals surface area contributed by atoms with E-state index < -0.39 is 10.8 Å². The second-order valence-electron chi connectivity index (χ2n) is 23.9. The molecule has 2 atom stereocenters. The fourth-order valence-corrected chi connectivity index (χ4v) is 16.1. The lowest BCUT2D eigenvalue weighted by molar-refractivity contribution is 0.768. The molecule has 0 N–H and O–H groups in total. The van der Waals surface area contributed by atoms with Crippen LogP contribution in [0.15, 0.2) is 363 Å². The number of benzene rings is 14. The Balaban J connectivity index is 0.783. The number of para-hydroxylation sites is 2. The molecule has 2 aliphatic carbocycles. The van der Waals surface area contributed by atoms with Crippen LogP contribution in [0, 0.1) is 0 Å². The van der Waals surface area contributed by atoms with Crippen LogP contribution in [0.3, 0.4) is 0 Å². The van der Waals surface area contributed by atoms with E-state index in [1.807, 2.05) is 35.7 Å². The summed E-state index contributed by atoms with van der Waals surface area (Å²) in [6, 6.07) is 122. The molecule has 0 spiro atoms. The maximum atomic E-state index is 4.00. The molecule has 0 radical (unpaired) electrons. The lowest BCUT2D eigenvalue weighted by Crippen LogP contribution is -2.29. The number of hydrogen-bond donors (Lipinski definition) is 0. The zero-order valence-electron chi connectivity index (χ0n) is 50.9. The maximum absolute atomic E-state index is 4.00. The van der Waals surface area contributed by atoms with Gasteiger partial charge in [0.2, 0.25) is 0 Å². The van der Waals surface area contributed by atoms with E-state index in [0.717, 1.165) is 56.8 Å². The highest BCUT2D eigenvalue weighted by atomic mass is 32.2. The highest BCUT2D eigenvalue weighted by molar-refractivity contribution is 7.99. The number of nitrogens with zero attached hydrogens (tertiary/aromatic N) is 2. The normalized spacial score (nSPS) is 15.1. The summed E-state index contributed by atoms with van der Waals surface area (Å²) in [5, 5.41) is 4.90. The fraction of sp³-hybridized carbons (Fsp3) is 0.0455. The van der Waals surface area contributed by atoms with Gasteiger partial charge in [0.05, 0.1) is 10.8 Å². The molecule has 2 unspecified atom stereocenters. The van der Waals surface area contributed by atoms with Gasteiger partial charge in [0.15, 0.2) is 0 Å². The van der Waals surface area contributed by atoms with Gasteiger partial charge in [-0.1, -0.05) is 231 Å². The highest BCUT2D eigenvalue weighted by Gasteiger charge is 2.48. The first-order chi connectivity index (χ1) is 45.5. The van der Waals surface area contributed by atoms with E-state index in [1.165, 1.54) is 98.1 Å². The molecular weight excluding hydrogens is 1150 g/mol. The van der Waals surface area contributed by atoms with Crippen molar-refractivity contribution in [3.8, 4) is 33.4 Å². The van der Waals surface area contributed by atoms with Crippen LogP contribution in [0.4, 0.5) is 34.1 Å². The minimum absolute atomic E-state index is 0.603. The zero-order valence-corrected chi connectivity index (χ0v) is 52.5. The van der Waals surface area contributed by atoms with Crippen LogP contribution in [0.25, 0.3) is 54.9 Å². The molecule has 0 heterocycles. The van der Waals surface area contributed by atoms with Gasteiger partial charge in [0.25, 0.3) is 0 Å². The molecule has 2 aliphatic rings. The van der Waals surface area contributed by atoms with Crippen LogP contribution >= 0.6 is 23.5 Å². The van der Waals surface area contributed by atoms with Crippen molar-refractivity contribution in [1.29, 1.82) is 0 Å². The molecule has 4 heteroatoms. The summed E-state index contributed by atoms with van der Waals surface area (Å²) in [6.45, 7) is 8.00. The summed E-state index contributed by atoms with van der Waals surface area (Å²) >= 11 is 3.63. The summed E-state index contributed by atoms with van der Waals surface area (Å²) in [7, 11) is 0. The van der Waals surface area contributed by atoms with Crippen molar-refractivity contribution in [2.24, 2.45) is 0 Å². The van der Waals surface area contributed by atoms with Gasteiger partial charge in [-0.05, 0) is 209 Å². The minimum Gasteiger partial charge on any atom is -0.310 e. The summed E-state index contributed by atoms with van der Waals surface area (Å²) in [6.07, 6.45) is 3.95. The Hall–Kier alpha value is -10.6. The van der Waals surface area contributed by atoms with Gasteiger partial charge < -0.3 is 9.80 Å². The van der Waals surface area contributed by atoms with E-state index in [2.05, 4.69) is 351 Å². The van der Waals surface area contributed by atoms with Crippen LogP contribution in [0.2, 0.25) is 0 Å². The third-order valence-electron chi connectivity index (χ3n) is 18.9. The van der Waals surface area contributed by atoms with Crippen LogP contribution in [0.1, 0.15) is 44.5 Å². The average molecular weight is 1210 g/mol. The Bertz CT molecular complexity index is 4760. The Morgan fingerprint density at radius 3 is 0.989 bits per heavy atom. The van der Waals surface area contributed by atoms with Crippen molar-refractivity contribution in [1.82, 2.24) is 0 Å². The third kappa shape index (κ3) is 9.60. The molecule has 0 saturated carbocycles. The van der Waals surface area contributed by atoms with Gasteiger partial charge in [-0.2, -0.15) is 0 Å². The lowest BCUT2D eigenvalue weighted by Gasteiger charge is -2.35. The van der Waals surface area contributed by atoms with E-state index >= 15 is 0 Å². The standard InChI is InChI=1S/C88H64N2S2/c1-3-55-91-77-49-39-67(40-50-77)87(69-37-31-61-19-11-13-21-65(61)57-69)83-29-17-15-27-79(83)81-53-47-75(59-85(81)87)89(71-23-7-5-8-24-71)73-43-33-63(34-44-73)64-35-45-74(46-36-64)90(72-25-9-6-10-26-72)76-48-54-82-80-28-16-18-30-84(80)88(86(82)60-76,68-41-51-78(52-42-68)92-56-4-2)70-38-32-62-20-12-14-22-66(62)58-70/h3-54,57-60H,1-2,55-56H2. The lowest BCUT2D eigenvalue weighted by atomic mass is 9.67. The fourth-order valence-electron chi connectivity index (χ4n) is 14.8. The molecule has 0 aliphatic heterocycles. The molecule has 92 heavy (non-hydrogen) atoms. The molecule has 0 aromatic heterocycles. The summed E-state index contributed by atoms with van der Waals surface area (Å²) in [5.74, 6) is 1.71. The first kappa shape index (κ1) is 56.6. The molecule has 438 valence electrons. The van der Waals surface area contributed by atoms with E-state index in [1.54, 1.807) is 0 Å². The van der Waals surface area contributed by atoms with Crippen molar-refractivity contribution in [3.63, 3.8) is 0 Å². The van der Waals surface area contributed by atoms with Crippen molar-refractivity contribution in [2.75, 3.05) is 21.3 Å². The molecule has 0 amide bonds. The molecular formula is C88H64N2S2. The van der Waals surface area contributed by atoms with Gasteiger partial charge in [0, 0.05) is 55.4 Å². The van der Waals surface area contributed by atoms with Crippen molar-refractivity contribution in [2.45, 2.75) is 20.6 Å². The molecule has 0 saturated heterocycles. The maximum Gasteiger partial charge on any atom is 0.0714 e.